The summed E-state index contributed by atoms with van der Waals surface area (Å²) in [5.74, 6) is -0.988. The zero-order valence-corrected chi connectivity index (χ0v) is 8.90. The molecule has 0 atom stereocenters. The monoisotopic (exact) mass is 223 g/mol. The van der Waals surface area contributed by atoms with Gasteiger partial charge in [-0.2, -0.15) is 0 Å². The van der Waals surface area contributed by atoms with Crippen LogP contribution >= 0.6 is 0 Å². The summed E-state index contributed by atoms with van der Waals surface area (Å²) in [6.07, 6.45) is 1.35. The van der Waals surface area contributed by atoms with E-state index in [0.717, 1.165) is 0 Å². The lowest BCUT2D eigenvalue weighted by Crippen LogP contribution is -2.28. The molecule has 0 aliphatic rings. The molecule has 0 spiro atoms. The number of nitrogens with one attached hydrogen (secondary N) is 1. The Kier molecular flexibility index (Phi) is 4.26. The molecule has 0 saturated heterocycles. The van der Waals surface area contributed by atoms with Crippen LogP contribution in [0.2, 0.25) is 0 Å². The van der Waals surface area contributed by atoms with Crippen molar-refractivity contribution in [3.63, 3.8) is 0 Å². The number of nitrogens with zero attached hydrogens (tertiary/aromatic N) is 1. The molecule has 0 aromatic carbocycles. The van der Waals surface area contributed by atoms with Gasteiger partial charge in [-0.25, -0.2) is 9.78 Å². The van der Waals surface area contributed by atoms with E-state index in [9.17, 15) is 9.59 Å². The average molecular weight is 223 g/mol. The van der Waals surface area contributed by atoms with Gasteiger partial charge in [0.2, 0.25) is 0 Å². The number of rotatable bonds is 4. The molecule has 1 amide bonds. The van der Waals surface area contributed by atoms with E-state index in [0.29, 0.717) is 12.2 Å². The molecule has 86 valence electrons. The molecule has 0 saturated carbocycles. The van der Waals surface area contributed by atoms with E-state index in [4.69, 9.17) is 10.5 Å². The van der Waals surface area contributed by atoms with Gasteiger partial charge in [0, 0.05) is 6.54 Å². The van der Waals surface area contributed by atoms with Crippen molar-refractivity contribution in [2.24, 2.45) is 0 Å². The summed E-state index contributed by atoms with van der Waals surface area (Å²) in [5, 5.41) is 2.50. The van der Waals surface area contributed by atoms with Gasteiger partial charge in [0.15, 0.2) is 6.61 Å². The SMILES string of the molecule is CCNC(=O)COC(=O)c1ccc(N)cn1. The third-order valence-corrected chi connectivity index (χ3v) is 1.70. The van der Waals surface area contributed by atoms with E-state index < -0.39 is 5.97 Å². The minimum Gasteiger partial charge on any atom is -0.451 e. The van der Waals surface area contributed by atoms with E-state index in [1.165, 1.54) is 18.3 Å². The summed E-state index contributed by atoms with van der Waals surface area (Å²) in [6, 6.07) is 2.98. The molecule has 6 nitrogen and oxygen atoms in total. The number of hydrogen-bond donors (Lipinski definition) is 2. The first kappa shape index (κ1) is 12.0. The molecule has 1 heterocycles. The van der Waals surface area contributed by atoms with Crippen LogP contribution < -0.4 is 11.1 Å². The zero-order valence-electron chi connectivity index (χ0n) is 8.90. The second-order valence-corrected chi connectivity index (χ2v) is 3.01. The Balaban J connectivity index is 2.47. The lowest BCUT2D eigenvalue weighted by atomic mass is 10.3. The van der Waals surface area contributed by atoms with Crippen molar-refractivity contribution in [3.05, 3.63) is 24.0 Å². The highest BCUT2D eigenvalue weighted by Gasteiger charge is 2.10. The zero-order chi connectivity index (χ0) is 12.0. The number of nitrogens with two attached hydrogens (primary N) is 1. The van der Waals surface area contributed by atoms with E-state index in [-0.39, 0.29) is 18.2 Å². The van der Waals surface area contributed by atoms with Crippen LogP contribution in [0.15, 0.2) is 18.3 Å². The second-order valence-electron chi connectivity index (χ2n) is 3.01. The van der Waals surface area contributed by atoms with Gasteiger partial charge >= 0.3 is 5.97 Å². The number of nitrogen functional groups attached to an aromatic ring is 1. The Hall–Kier alpha value is -2.11. The van der Waals surface area contributed by atoms with Crippen LogP contribution in [0.5, 0.6) is 0 Å². The van der Waals surface area contributed by atoms with Crippen molar-refractivity contribution in [2.75, 3.05) is 18.9 Å². The molecule has 1 rings (SSSR count). The predicted molar refractivity (Wildman–Crippen MR) is 57.6 cm³/mol. The van der Waals surface area contributed by atoms with Gasteiger partial charge in [-0.1, -0.05) is 0 Å². The summed E-state index contributed by atoms with van der Waals surface area (Å²) >= 11 is 0. The minimum absolute atomic E-state index is 0.124. The van der Waals surface area contributed by atoms with Crippen LogP contribution in [0.1, 0.15) is 17.4 Å². The van der Waals surface area contributed by atoms with Crippen LogP contribution in [0.3, 0.4) is 0 Å². The maximum atomic E-state index is 11.4. The molecule has 0 aliphatic heterocycles. The van der Waals surface area contributed by atoms with Crippen molar-refractivity contribution < 1.29 is 14.3 Å². The van der Waals surface area contributed by atoms with Gasteiger partial charge in [-0.15, -0.1) is 0 Å². The summed E-state index contributed by atoms with van der Waals surface area (Å²) in [5.41, 5.74) is 5.99. The van der Waals surface area contributed by atoms with E-state index >= 15 is 0 Å². The molecule has 0 fully saturated rings. The highest BCUT2D eigenvalue weighted by atomic mass is 16.5. The standard InChI is InChI=1S/C10H13N3O3/c1-2-12-9(14)6-16-10(15)8-4-3-7(11)5-13-8/h3-5H,2,6,11H2,1H3,(H,12,14). The van der Waals surface area contributed by atoms with Gasteiger partial charge in [0.05, 0.1) is 11.9 Å². The maximum absolute atomic E-state index is 11.4. The Bertz CT molecular complexity index is 375. The van der Waals surface area contributed by atoms with Gasteiger partial charge in [-0.3, -0.25) is 4.79 Å². The first-order valence-electron chi connectivity index (χ1n) is 4.79. The highest BCUT2D eigenvalue weighted by Crippen LogP contribution is 2.02. The molecule has 3 N–H and O–H groups in total. The number of likely N-dealkylation sites (N-methyl/N-ethyl adjacent to an activating group) is 1. The fourth-order valence-corrected chi connectivity index (χ4v) is 0.979. The molecular formula is C10H13N3O3. The summed E-state index contributed by atoms with van der Waals surface area (Å²) in [7, 11) is 0. The van der Waals surface area contributed by atoms with Crippen LogP contribution in [0, 0.1) is 0 Å². The van der Waals surface area contributed by atoms with Crippen molar-refractivity contribution in [3.8, 4) is 0 Å². The highest BCUT2D eigenvalue weighted by molar-refractivity contribution is 5.89. The van der Waals surface area contributed by atoms with Crippen molar-refractivity contribution in [1.29, 1.82) is 0 Å². The van der Waals surface area contributed by atoms with Crippen LogP contribution in [0.25, 0.3) is 0 Å². The number of hydrogen-bond acceptors (Lipinski definition) is 5. The summed E-state index contributed by atoms with van der Waals surface area (Å²) in [4.78, 5) is 26.1. The number of carbonyl (C=O) groups excluding carboxylic acids is 2. The number of pyridine rings is 1. The molecule has 1 aromatic heterocycles. The summed E-state index contributed by atoms with van der Waals surface area (Å²) < 4.78 is 4.73. The largest absolute Gasteiger partial charge is 0.451 e. The molecule has 1 aromatic rings. The quantitative estimate of drug-likeness (QED) is 0.698. The second kappa shape index (κ2) is 5.69. The van der Waals surface area contributed by atoms with E-state index in [1.54, 1.807) is 6.92 Å². The molecule has 0 unspecified atom stereocenters. The van der Waals surface area contributed by atoms with Crippen molar-refractivity contribution in [2.45, 2.75) is 6.92 Å². The third-order valence-electron chi connectivity index (χ3n) is 1.70. The first-order valence-corrected chi connectivity index (χ1v) is 4.79. The smallest absolute Gasteiger partial charge is 0.357 e. The van der Waals surface area contributed by atoms with Crippen molar-refractivity contribution >= 4 is 17.6 Å². The number of esters is 1. The molecule has 0 aliphatic carbocycles. The average Bonchev–Trinajstić information content (AvgIpc) is 2.27. The Morgan fingerprint density at radius 1 is 1.50 bits per heavy atom. The normalized spacial score (nSPS) is 9.56. The van der Waals surface area contributed by atoms with Crippen LogP contribution in [-0.2, 0) is 9.53 Å². The van der Waals surface area contributed by atoms with Crippen LogP contribution in [-0.4, -0.2) is 30.0 Å². The first-order chi connectivity index (χ1) is 7.63. The number of aromatic nitrogens is 1. The lowest BCUT2D eigenvalue weighted by Gasteiger charge is -2.04. The van der Waals surface area contributed by atoms with Crippen LogP contribution in [0.4, 0.5) is 5.69 Å². The summed E-state index contributed by atoms with van der Waals surface area (Å²) in [6.45, 7) is 1.97. The maximum Gasteiger partial charge on any atom is 0.357 e. The molecule has 6 heteroatoms. The molecular weight excluding hydrogens is 210 g/mol. The Labute approximate surface area is 92.8 Å². The van der Waals surface area contributed by atoms with Gasteiger partial charge in [0.25, 0.3) is 5.91 Å². The number of carbonyl (C=O) groups is 2. The predicted octanol–water partition coefficient (Wildman–Crippen LogP) is -0.0433. The molecule has 0 bridgehead atoms. The minimum atomic E-state index is -0.647. The fourth-order valence-electron chi connectivity index (χ4n) is 0.979. The Morgan fingerprint density at radius 3 is 2.81 bits per heavy atom. The fraction of sp³-hybridized carbons (Fsp3) is 0.300. The van der Waals surface area contributed by atoms with Crippen molar-refractivity contribution in [1.82, 2.24) is 10.3 Å². The van der Waals surface area contributed by atoms with E-state index in [1.807, 2.05) is 0 Å². The number of ether oxygens (including phenoxy) is 1. The lowest BCUT2D eigenvalue weighted by molar-refractivity contribution is -0.124. The van der Waals surface area contributed by atoms with E-state index in [2.05, 4.69) is 10.3 Å². The number of amides is 1. The Morgan fingerprint density at radius 2 is 2.25 bits per heavy atom. The van der Waals surface area contributed by atoms with Gasteiger partial charge in [-0.05, 0) is 19.1 Å². The van der Waals surface area contributed by atoms with Gasteiger partial charge < -0.3 is 15.8 Å². The third kappa shape index (κ3) is 3.56. The topological polar surface area (TPSA) is 94.3 Å². The molecule has 0 radical (unpaired) electrons. The molecule has 16 heavy (non-hydrogen) atoms. The number of anilines is 1. The van der Waals surface area contributed by atoms with Gasteiger partial charge in [0.1, 0.15) is 5.69 Å².